The van der Waals surface area contributed by atoms with Crippen LogP contribution in [0.25, 0.3) is 0 Å². The fourth-order valence-corrected chi connectivity index (χ4v) is 2.47. The summed E-state index contributed by atoms with van der Waals surface area (Å²) in [4.78, 5) is 0.0667. The topological polar surface area (TPSA) is 55.4 Å². The molecule has 0 saturated heterocycles. The Morgan fingerprint density at radius 2 is 1.89 bits per heavy atom. The molecule has 0 aliphatic heterocycles. The average molecular weight is 289 g/mol. The zero-order valence-electron chi connectivity index (χ0n) is 11.2. The maximum absolute atomic E-state index is 12.7. The molecule has 0 atom stereocenters. The smallest absolute Gasteiger partial charge is 0.240 e. The molecule has 0 spiro atoms. The van der Waals surface area contributed by atoms with Gasteiger partial charge in [-0.15, -0.1) is 0 Å². The van der Waals surface area contributed by atoms with Gasteiger partial charge in [0.05, 0.1) is 4.90 Å². The lowest BCUT2D eigenvalue weighted by Crippen LogP contribution is -2.25. The van der Waals surface area contributed by atoms with Crippen LogP contribution in [0.4, 0.5) is 4.39 Å². The summed E-state index contributed by atoms with van der Waals surface area (Å²) in [5, 5.41) is 0. The summed E-state index contributed by atoms with van der Waals surface area (Å²) in [6.07, 6.45) is 0.604. The molecule has 0 aliphatic carbocycles. The Balaban J connectivity index is 2.33. The number of rotatable bonds is 8. The Bertz CT molecular complexity index is 471. The van der Waals surface area contributed by atoms with E-state index in [1.54, 1.807) is 0 Å². The first kappa shape index (κ1) is 16.1. The van der Waals surface area contributed by atoms with E-state index >= 15 is 0 Å². The molecular weight excluding hydrogens is 269 g/mol. The standard InChI is InChI=1S/C13H20FNO3S/c1-11(2)10-18-9-3-8-15-19(16,17)13-6-4-12(14)5-7-13/h4-7,11,15H,3,8-10H2,1-2H3. The highest BCUT2D eigenvalue weighted by Crippen LogP contribution is 2.09. The minimum atomic E-state index is -3.55. The molecule has 108 valence electrons. The molecule has 0 heterocycles. The van der Waals surface area contributed by atoms with Gasteiger partial charge in [0.25, 0.3) is 0 Å². The van der Waals surface area contributed by atoms with Crippen LogP contribution in [0, 0.1) is 11.7 Å². The fourth-order valence-electron chi connectivity index (χ4n) is 1.40. The second kappa shape index (κ2) is 7.57. The van der Waals surface area contributed by atoms with Gasteiger partial charge >= 0.3 is 0 Å². The van der Waals surface area contributed by atoms with Gasteiger partial charge < -0.3 is 4.74 Å². The van der Waals surface area contributed by atoms with Crippen LogP contribution in [0.2, 0.25) is 0 Å². The number of benzene rings is 1. The molecule has 19 heavy (non-hydrogen) atoms. The van der Waals surface area contributed by atoms with Gasteiger partial charge in [-0.2, -0.15) is 0 Å². The second-order valence-corrected chi connectivity index (χ2v) is 6.44. The maximum atomic E-state index is 12.7. The number of sulfonamides is 1. The second-order valence-electron chi connectivity index (χ2n) is 4.67. The molecule has 6 heteroatoms. The molecule has 0 aromatic heterocycles. The van der Waals surface area contributed by atoms with Crippen molar-refractivity contribution in [3.05, 3.63) is 30.1 Å². The maximum Gasteiger partial charge on any atom is 0.240 e. The molecule has 0 aliphatic rings. The fraction of sp³-hybridized carbons (Fsp3) is 0.538. The summed E-state index contributed by atoms with van der Waals surface area (Å²) >= 11 is 0. The van der Waals surface area contributed by atoms with Crippen LogP contribution < -0.4 is 4.72 Å². The van der Waals surface area contributed by atoms with Crippen molar-refractivity contribution < 1.29 is 17.5 Å². The van der Waals surface area contributed by atoms with Gasteiger partial charge in [0, 0.05) is 19.8 Å². The first-order valence-electron chi connectivity index (χ1n) is 6.25. The van der Waals surface area contributed by atoms with Crippen LogP contribution in [0.3, 0.4) is 0 Å². The Morgan fingerprint density at radius 3 is 2.47 bits per heavy atom. The zero-order chi connectivity index (χ0) is 14.3. The van der Waals surface area contributed by atoms with Crippen molar-refractivity contribution in [1.82, 2.24) is 4.72 Å². The third-order valence-electron chi connectivity index (χ3n) is 2.33. The molecule has 4 nitrogen and oxygen atoms in total. The Labute approximate surface area is 114 Å². The van der Waals surface area contributed by atoms with E-state index in [4.69, 9.17) is 4.74 Å². The number of nitrogens with one attached hydrogen (secondary N) is 1. The monoisotopic (exact) mass is 289 g/mol. The van der Waals surface area contributed by atoms with Crippen molar-refractivity contribution in [3.63, 3.8) is 0 Å². The lowest BCUT2D eigenvalue weighted by atomic mass is 10.2. The average Bonchev–Trinajstić information content (AvgIpc) is 2.34. The quantitative estimate of drug-likeness (QED) is 0.746. The Hall–Kier alpha value is -0.980. The van der Waals surface area contributed by atoms with Crippen LogP contribution in [-0.2, 0) is 14.8 Å². The lowest BCUT2D eigenvalue weighted by Gasteiger charge is -2.08. The predicted octanol–water partition coefficient (Wildman–Crippen LogP) is 2.17. The van der Waals surface area contributed by atoms with Crippen molar-refractivity contribution in [2.24, 2.45) is 5.92 Å². The van der Waals surface area contributed by atoms with Crippen molar-refractivity contribution in [2.75, 3.05) is 19.8 Å². The number of hydrogen-bond acceptors (Lipinski definition) is 3. The van der Waals surface area contributed by atoms with Gasteiger partial charge in [-0.25, -0.2) is 17.5 Å². The molecule has 1 N–H and O–H groups in total. The highest BCUT2D eigenvalue weighted by atomic mass is 32.2. The van der Waals surface area contributed by atoms with Crippen molar-refractivity contribution in [2.45, 2.75) is 25.2 Å². The Kier molecular flexibility index (Phi) is 6.41. The molecule has 1 aromatic carbocycles. The molecule has 1 rings (SSSR count). The van der Waals surface area contributed by atoms with E-state index in [1.807, 2.05) is 0 Å². The van der Waals surface area contributed by atoms with Crippen molar-refractivity contribution >= 4 is 10.0 Å². The third kappa shape index (κ3) is 6.13. The first-order valence-corrected chi connectivity index (χ1v) is 7.73. The summed E-state index contributed by atoms with van der Waals surface area (Å²) in [5.74, 6) is 0.0111. The van der Waals surface area contributed by atoms with Crippen LogP contribution in [-0.4, -0.2) is 28.2 Å². The summed E-state index contributed by atoms with van der Waals surface area (Å²) in [6, 6.07) is 4.74. The zero-order valence-corrected chi connectivity index (χ0v) is 12.0. The van der Waals surface area contributed by atoms with E-state index in [9.17, 15) is 12.8 Å². The number of ether oxygens (including phenoxy) is 1. The van der Waals surface area contributed by atoms with Crippen LogP contribution in [0.15, 0.2) is 29.2 Å². The van der Waals surface area contributed by atoms with E-state index in [0.717, 1.165) is 12.1 Å². The lowest BCUT2D eigenvalue weighted by molar-refractivity contribution is 0.108. The van der Waals surface area contributed by atoms with E-state index in [1.165, 1.54) is 12.1 Å². The summed E-state index contributed by atoms with van der Waals surface area (Å²) in [7, 11) is -3.55. The molecule has 0 saturated carbocycles. The molecule has 1 aromatic rings. The summed E-state index contributed by atoms with van der Waals surface area (Å²) in [6.45, 7) is 5.60. The van der Waals surface area contributed by atoms with Crippen LogP contribution in [0.5, 0.6) is 0 Å². The molecule has 0 fully saturated rings. The molecule has 0 radical (unpaired) electrons. The Morgan fingerprint density at radius 1 is 1.26 bits per heavy atom. The van der Waals surface area contributed by atoms with Crippen LogP contribution in [0.1, 0.15) is 20.3 Å². The van der Waals surface area contributed by atoms with Gasteiger partial charge in [-0.05, 0) is 36.6 Å². The third-order valence-corrected chi connectivity index (χ3v) is 3.81. The predicted molar refractivity (Wildman–Crippen MR) is 71.9 cm³/mol. The van der Waals surface area contributed by atoms with Gasteiger partial charge in [0.1, 0.15) is 5.82 Å². The highest BCUT2D eigenvalue weighted by Gasteiger charge is 2.12. The first-order chi connectivity index (χ1) is 8.92. The molecule has 0 bridgehead atoms. The number of halogens is 1. The minimum absolute atomic E-state index is 0.0667. The van der Waals surface area contributed by atoms with E-state index in [0.29, 0.717) is 32.1 Å². The largest absolute Gasteiger partial charge is 0.381 e. The highest BCUT2D eigenvalue weighted by molar-refractivity contribution is 7.89. The van der Waals surface area contributed by atoms with Gasteiger partial charge in [-0.1, -0.05) is 13.8 Å². The normalized spacial score (nSPS) is 12.0. The van der Waals surface area contributed by atoms with Gasteiger partial charge in [0.15, 0.2) is 0 Å². The molecule has 0 unspecified atom stereocenters. The summed E-state index contributed by atoms with van der Waals surface area (Å²) in [5.41, 5.74) is 0. The van der Waals surface area contributed by atoms with Crippen molar-refractivity contribution in [1.29, 1.82) is 0 Å². The molecule has 0 amide bonds. The van der Waals surface area contributed by atoms with Gasteiger partial charge in [0.2, 0.25) is 10.0 Å². The van der Waals surface area contributed by atoms with E-state index in [-0.39, 0.29) is 4.90 Å². The van der Waals surface area contributed by atoms with Crippen molar-refractivity contribution in [3.8, 4) is 0 Å². The van der Waals surface area contributed by atoms with E-state index in [2.05, 4.69) is 18.6 Å². The van der Waals surface area contributed by atoms with Gasteiger partial charge in [-0.3, -0.25) is 0 Å². The SMILES string of the molecule is CC(C)COCCCNS(=O)(=O)c1ccc(F)cc1. The van der Waals surface area contributed by atoms with Crippen LogP contribution >= 0.6 is 0 Å². The molecular formula is C13H20FNO3S. The minimum Gasteiger partial charge on any atom is -0.381 e. The summed E-state index contributed by atoms with van der Waals surface area (Å²) < 4.78 is 44.1. The number of hydrogen-bond donors (Lipinski definition) is 1. The van der Waals surface area contributed by atoms with E-state index < -0.39 is 15.8 Å².